The van der Waals surface area contributed by atoms with Crippen molar-refractivity contribution in [1.82, 2.24) is 5.32 Å². The minimum Gasteiger partial charge on any atom is -0.394 e. The van der Waals surface area contributed by atoms with Crippen molar-refractivity contribution >= 4 is 12.2 Å². The molecule has 0 saturated heterocycles. The Kier molecular flexibility index (Phi) is 6.44. The predicted octanol–water partition coefficient (Wildman–Crippen LogP) is -1.63. The summed E-state index contributed by atoms with van der Waals surface area (Å²) < 4.78 is 0. The molecule has 0 aliphatic heterocycles. The van der Waals surface area contributed by atoms with E-state index in [-0.39, 0.29) is 6.29 Å². The van der Waals surface area contributed by atoms with Crippen LogP contribution in [0.4, 0.5) is 0 Å². The maximum absolute atomic E-state index is 12.0. The summed E-state index contributed by atoms with van der Waals surface area (Å²) in [4.78, 5) is 23.0. The molecule has 21 heavy (non-hydrogen) atoms. The van der Waals surface area contributed by atoms with E-state index in [9.17, 15) is 24.9 Å². The smallest absolute Gasteiger partial charge is 0.252 e. The van der Waals surface area contributed by atoms with Gasteiger partial charge in [0.1, 0.15) is 30.6 Å². The molecule has 0 saturated carbocycles. The van der Waals surface area contributed by atoms with Crippen LogP contribution in [0.5, 0.6) is 0 Å². The van der Waals surface area contributed by atoms with Crippen molar-refractivity contribution in [2.24, 2.45) is 0 Å². The van der Waals surface area contributed by atoms with Gasteiger partial charge in [0, 0.05) is 5.56 Å². The molecule has 7 nitrogen and oxygen atoms in total. The van der Waals surface area contributed by atoms with Crippen LogP contribution in [0.15, 0.2) is 24.3 Å². The molecule has 0 aliphatic rings. The van der Waals surface area contributed by atoms with Crippen LogP contribution in [0.1, 0.15) is 15.9 Å². The molecule has 1 amide bonds. The fourth-order valence-corrected chi connectivity index (χ4v) is 1.80. The Morgan fingerprint density at radius 3 is 2.38 bits per heavy atom. The third-order valence-corrected chi connectivity index (χ3v) is 3.13. The van der Waals surface area contributed by atoms with Crippen LogP contribution in [0, 0.1) is 6.92 Å². The number of aryl methyl sites for hydroxylation is 1. The lowest BCUT2D eigenvalue weighted by Gasteiger charge is -2.26. The Morgan fingerprint density at radius 2 is 1.86 bits per heavy atom. The molecule has 5 N–H and O–H groups in total. The van der Waals surface area contributed by atoms with Gasteiger partial charge >= 0.3 is 0 Å². The number of carbonyl (C=O) groups excluding carboxylic acids is 2. The van der Waals surface area contributed by atoms with Gasteiger partial charge in [0.05, 0.1) is 6.61 Å². The number of hydrogen-bond donors (Lipinski definition) is 5. The highest BCUT2D eigenvalue weighted by molar-refractivity contribution is 5.97. The molecule has 0 spiro atoms. The highest BCUT2D eigenvalue weighted by Crippen LogP contribution is 2.09. The quantitative estimate of drug-likeness (QED) is 0.384. The Hall–Kier alpha value is -1.80. The second-order valence-electron chi connectivity index (χ2n) is 4.68. The van der Waals surface area contributed by atoms with Crippen molar-refractivity contribution < 1.29 is 30.0 Å². The summed E-state index contributed by atoms with van der Waals surface area (Å²) in [5, 5.41) is 39.6. The van der Waals surface area contributed by atoms with Gasteiger partial charge in [0.2, 0.25) is 0 Å². The molecule has 1 rings (SSSR count). The molecule has 1 aromatic rings. The topological polar surface area (TPSA) is 127 Å². The molecule has 1 aromatic carbocycles. The van der Waals surface area contributed by atoms with Crippen LogP contribution in [-0.4, -0.2) is 63.6 Å². The Bertz CT molecular complexity index is 492. The number of aliphatic hydroxyl groups excluding tert-OH is 4. The van der Waals surface area contributed by atoms with Crippen LogP contribution >= 0.6 is 0 Å². The minimum absolute atomic E-state index is 0.258. The van der Waals surface area contributed by atoms with Gasteiger partial charge in [-0.05, 0) is 18.6 Å². The molecule has 0 bridgehead atoms. The highest BCUT2D eigenvalue weighted by Gasteiger charge is 2.32. The first-order chi connectivity index (χ1) is 9.92. The number of hydrogen-bond acceptors (Lipinski definition) is 6. The number of nitrogens with one attached hydrogen (secondary N) is 1. The van der Waals surface area contributed by atoms with Crippen molar-refractivity contribution in [1.29, 1.82) is 0 Å². The molecule has 0 heterocycles. The molecular formula is C14H19NO6. The van der Waals surface area contributed by atoms with Crippen molar-refractivity contribution in [3.05, 3.63) is 35.4 Å². The first-order valence-electron chi connectivity index (χ1n) is 6.39. The number of aliphatic hydroxyl groups is 4. The lowest BCUT2D eigenvalue weighted by molar-refractivity contribution is -0.119. The van der Waals surface area contributed by atoms with E-state index in [1.807, 2.05) is 0 Å². The lowest BCUT2D eigenvalue weighted by Crippen LogP contribution is -2.53. The first kappa shape index (κ1) is 17.3. The molecule has 116 valence electrons. The molecule has 0 unspecified atom stereocenters. The summed E-state index contributed by atoms with van der Waals surface area (Å²) in [7, 11) is 0. The Morgan fingerprint density at radius 1 is 1.24 bits per heavy atom. The average Bonchev–Trinajstić information content (AvgIpc) is 2.50. The van der Waals surface area contributed by atoms with Gasteiger partial charge < -0.3 is 30.5 Å². The van der Waals surface area contributed by atoms with Gasteiger partial charge in [-0.3, -0.25) is 4.79 Å². The van der Waals surface area contributed by atoms with Gasteiger partial charge in [-0.1, -0.05) is 18.2 Å². The lowest BCUT2D eigenvalue weighted by atomic mass is 10.0. The van der Waals surface area contributed by atoms with Gasteiger partial charge in [-0.2, -0.15) is 0 Å². The standard InChI is InChI=1S/C14H19NO6/c1-8-4-2-3-5-9(8)14(21)15-10(6-16)12(19)13(20)11(18)7-17/h2-6,10-13,17-20H,7H2,1H3,(H,15,21)/t10-,11+,12+,13+/m0/s1. The van der Waals surface area contributed by atoms with E-state index in [4.69, 9.17) is 5.11 Å². The van der Waals surface area contributed by atoms with Crippen molar-refractivity contribution in [2.45, 2.75) is 31.3 Å². The van der Waals surface area contributed by atoms with E-state index in [1.165, 1.54) is 0 Å². The summed E-state index contributed by atoms with van der Waals surface area (Å²) in [6, 6.07) is 5.26. The monoisotopic (exact) mass is 297 g/mol. The van der Waals surface area contributed by atoms with Crippen LogP contribution in [0.2, 0.25) is 0 Å². The fourth-order valence-electron chi connectivity index (χ4n) is 1.80. The van der Waals surface area contributed by atoms with Crippen molar-refractivity contribution in [3.8, 4) is 0 Å². The summed E-state index contributed by atoms with van der Waals surface area (Å²) in [6.07, 6.45) is -4.86. The van der Waals surface area contributed by atoms with Crippen molar-refractivity contribution in [3.63, 3.8) is 0 Å². The maximum Gasteiger partial charge on any atom is 0.252 e. The number of aldehydes is 1. The SMILES string of the molecule is Cc1ccccc1C(=O)N[C@@H](C=O)[C@@H](O)[C@H](O)[C@H](O)CO. The normalized spacial score (nSPS) is 16.6. The zero-order chi connectivity index (χ0) is 16.0. The van der Waals surface area contributed by atoms with Crippen LogP contribution in [0.25, 0.3) is 0 Å². The number of amides is 1. The average molecular weight is 297 g/mol. The summed E-state index contributed by atoms with van der Waals surface area (Å²) >= 11 is 0. The zero-order valence-corrected chi connectivity index (χ0v) is 11.5. The van der Waals surface area contributed by atoms with Crippen molar-refractivity contribution in [2.75, 3.05) is 6.61 Å². The second kappa shape index (κ2) is 7.84. The largest absolute Gasteiger partial charge is 0.394 e. The van der Waals surface area contributed by atoms with Gasteiger partial charge in [-0.25, -0.2) is 0 Å². The molecule has 0 aliphatic carbocycles. The van der Waals surface area contributed by atoms with E-state index >= 15 is 0 Å². The van der Waals surface area contributed by atoms with Gasteiger partial charge in [-0.15, -0.1) is 0 Å². The predicted molar refractivity (Wildman–Crippen MR) is 73.6 cm³/mol. The van der Waals surface area contributed by atoms with Gasteiger partial charge in [0.25, 0.3) is 5.91 Å². The van der Waals surface area contributed by atoms with E-state index in [1.54, 1.807) is 31.2 Å². The molecule has 4 atom stereocenters. The molecule has 0 aromatic heterocycles. The molecule has 7 heteroatoms. The van der Waals surface area contributed by atoms with Crippen LogP contribution in [-0.2, 0) is 4.79 Å². The summed E-state index contributed by atoms with van der Waals surface area (Å²) in [5.41, 5.74) is 1.01. The van der Waals surface area contributed by atoms with Crippen LogP contribution < -0.4 is 5.32 Å². The Balaban J connectivity index is 2.80. The molecule has 0 radical (unpaired) electrons. The maximum atomic E-state index is 12.0. The summed E-state index contributed by atoms with van der Waals surface area (Å²) in [6.45, 7) is 0.932. The van der Waals surface area contributed by atoms with E-state index in [2.05, 4.69) is 5.32 Å². The highest BCUT2D eigenvalue weighted by atomic mass is 16.4. The van der Waals surface area contributed by atoms with E-state index < -0.39 is 36.9 Å². The second-order valence-corrected chi connectivity index (χ2v) is 4.68. The molecule has 0 fully saturated rings. The number of carbonyl (C=O) groups is 2. The fraction of sp³-hybridized carbons (Fsp3) is 0.429. The summed E-state index contributed by atoms with van der Waals surface area (Å²) in [5.74, 6) is -0.588. The third kappa shape index (κ3) is 4.33. The van der Waals surface area contributed by atoms with E-state index in [0.717, 1.165) is 0 Å². The van der Waals surface area contributed by atoms with Gasteiger partial charge in [0.15, 0.2) is 0 Å². The number of benzene rings is 1. The number of rotatable bonds is 7. The van der Waals surface area contributed by atoms with E-state index in [0.29, 0.717) is 11.1 Å². The Labute approximate surface area is 121 Å². The minimum atomic E-state index is -1.76. The third-order valence-electron chi connectivity index (χ3n) is 3.13. The molecular weight excluding hydrogens is 278 g/mol. The zero-order valence-electron chi connectivity index (χ0n) is 11.5. The first-order valence-corrected chi connectivity index (χ1v) is 6.39. The van der Waals surface area contributed by atoms with Crippen LogP contribution in [0.3, 0.4) is 0 Å².